The zero-order chi connectivity index (χ0) is 17.5. The van der Waals surface area contributed by atoms with Crippen molar-refractivity contribution in [1.29, 1.82) is 0 Å². The first-order valence-electron chi connectivity index (χ1n) is 9.03. The minimum absolute atomic E-state index is 0.0243. The SMILES string of the molecule is C[C@@H]1CC(O)(c2ccc(N)c(C3=CCC(C)(C)CC3)n2)C[C@H](C)O1. The summed E-state index contributed by atoms with van der Waals surface area (Å²) in [6.07, 6.45) is 6.62. The Morgan fingerprint density at radius 2 is 1.88 bits per heavy atom. The topological polar surface area (TPSA) is 68.4 Å². The third kappa shape index (κ3) is 3.50. The van der Waals surface area contributed by atoms with Crippen molar-refractivity contribution < 1.29 is 9.84 Å². The van der Waals surface area contributed by atoms with Crippen molar-refractivity contribution in [3.05, 3.63) is 29.6 Å². The highest BCUT2D eigenvalue weighted by Crippen LogP contribution is 2.41. The molecule has 1 unspecified atom stereocenters. The van der Waals surface area contributed by atoms with E-state index in [2.05, 4.69) is 19.9 Å². The standard InChI is InChI=1S/C20H30N2O2/c1-13-11-20(23,12-14(2)24-13)17-6-5-16(21)18(22-17)15-7-9-19(3,4)10-8-15/h5-7,13-14,23H,8-12,21H2,1-4H3/t13-,14+,20?. The molecule has 2 heterocycles. The molecule has 1 fully saturated rings. The molecule has 1 aliphatic heterocycles. The van der Waals surface area contributed by atoms with Gasteiger partial charge < -0.3 is 15.6 Å². The molecule has 0 saturated carbocycles. The van der Waals surface area contributed by atoms with Gasteiger partial charge in [0.25, 0.3) is 0 Å². The van der Waals surface area contributed by atoms with Crippen molar-refractivity contribution in [2.75, 3.05) is 5.73 Å². The largest absolute Gasteiger partial charge is 0.397 e. The van der Waals surface area contributed by atoms with Crippen LogP contribution in [0.2, 0.25) is 0 Å². The number of anilines is 1. The van der Waals surface area contributed by atoms with Crippen LogP contribution < -0.4 is 5.73 Å². The monoisotopic (exact) mass is 330 g/mol. The molecule has 0 spiro atoms. The Labute approximate surface area is 145 Å². The predicted octanol–water partition coefficient (Wildman–Crippen LogP) is 4.03. The van der Waals surface area contributed by atoms with Crippen LogP contribution in [0, 0.1) is 5.41 Å². The van der Waals surface area contributed by atoms with E-state index >= 15 is 0 Å². The molecule has 1 aromatic heterocycles. The molecule has 4 heteroatoms. The van der Waals surface area contributed by atoms with Gasteiger partial charge in [-0.1, -0.05) is 19.9 Å². The minimum atomic E-state index is -0.936. The summed E-state index contributed by atoms with van der Waals surface area (Å²) in [7, 11) is 0. The number of nitrogen functional groups attached to an aromatic ring is 1. The molecule has 3 atom stereocenters. The van der Waals surface area contributed by atoms with E-state index in [1.54, 1.807) is 0 Å². The summed E-state index contributed by atoms with van der Waals surface area (Å²) in [5.74, 6) is 0. The molecule has 3 rings (SSSR count). The van der Waals surface area contributed by atoms with Gasteiger partial charge in [0.1, 0.15) is 5.60 Å². The van der Waals surface area contributed by atoms with Crippen LogP contribution >= 0.6 is 0 Å². The summed E-state index contributed by atoms with van der Waals surface area (Å²) < 4.78 is 5.77. The molecule has 2 aliphatic rings. The zero-order valence-corrected chi connectivity index (χ0v) is 15.3. The Hall–Kier alpha value is -1.39. The van der Waals surface area contributed by atoms with Gasteiger partial charge in [-0.15, -0.1) is 0 Å². The maximum absolute atomic E-state index is 11.2. The zero-order valence-electron chi connectivity index (χ0n) is 15.3. The molecule has 3 N–H and O–H groups in total. The summed E-state index contributed by atoms with van der Waals surface area (Å²) in [5, 5.41) is 11.2. The first-order valence-corrected chi connectivity index (χ1v) is 9.03. The molecule has 4 nitrogen and oxygen atoms in total. The molecule has 0 radical (unpaired) electrons. The molecule has 132 valence electrons. The van der Waals surface area contributed by atoms with E-state index in [1.165, 1.54) is 5.57 Å². The molecule has 1 aliphatic carbocycles. The quantitative estimate of drug-likeness (QED) is 0.859. The highest BCUT2D eigenvalue weighted by molar-refractivity contribution is 5.73. The van der Waals surface area contributed by atoms with Gasteiger partial charge >= 0.3 is 0 Å². The van der Waals surface area contributed by atoms with Crippen molar-refractivity contribution in [1.82, 2.24) is 4.98 Å². The average molecular weight is 330 g/mol. The Morgan fingerprint density at radius 3 is 2.46 bits per heavy atom. The van der Waals surface area contributed by atoms with Gasteiger partial charge in [0.2, 0.25) is 0 Å². The number of allylic oxidation sites excluding steroid dienone is 2. The van der Waals surface area contributed by atoms with Gasteiger partial charge in [0, 0.05) is 12.8 Å². The summed E-state index contributed by atoms with van der Waals surface area (Å²) in [6, 6.07) is 3.76. The number of nitrogens with zero attached hydrogens (tertiary/aromatic N) is 1. The van der Waals surface area contributed by atoms with Gasteiger partial charge in [0.05, 0.1) is 29.3 Å². The van der Waals surface area contributed by atoms with E-state index < -0.39 is 5.60 Å². The Balaban J connectivity index is 1.93. The predicted molar refractivity (Wildman–Crippen MR) is 97.4 cm³/mol. The number of ether oxygens (including phenoxy) is 1. The van der Waals surface area contributed by atoms with Crippen LogP contribution in [0.1, 0.15) is 71.2 Å². The summed E-state index contributed by atoms with van der Waals surface area (Å²) in [6.45, 7) is 8.59. The van der Waals surface area contributed by atoms with Crippen molar-refractivity contribution in [3.8, 4) is 0 Å². The molecule has 0 bridgehead atoms. The molecule has 1 aromatic rings. The lowest BCUT2D eigenvalue weighted by Crippen LogP contribution is -2.42. The normalized spacial score (nSPS) is 33.1. The summed E-state index contributed by atoms with van der Waals surface area (Å²) >= 11 is 0. The van der Waals surface area contributed by atoms with Gasteiger partial charge in [-0.25, -0.2) is 4.98 Å². The molecular formula is C20H30N2O2. The van der Waals surface area contributed by atoms with Crippen molar-refractivity contribution in [2.45, 2.75) is 77.6 Å². The Kier molecular flexibility index (Phi) is 4.47. The Morgan fingerprint density at radius 1 is 1.21 bits per heavy atom. The van der Waals surface area contributed by atoms with Crippen molar-refractivity contribution in [3.63, 3.8) is 0 Å². The van der Waals surface area contributed by atoms with Crippen LogP contribution in [-0.4, -0.2) is 22.3 Å². The van der Waals surface area contributed by atoms with Crippen LogP contribution in [0.4, 0.5) is 5.69 Å². The lowest BCUT2D eigenvalue weighted by Gasteiger charge is -2.39. The van der Waals surface area contributed by atoms with Gasteiger partial charge in [-0.2, -0.15) is 0 Å². The lowest BCUT2D eigenvalue weighted by atomic mass is 9.77. The first kappa shape index (κ1) is 17.4. The number of hydrogen-bond donors (Lipinski definition) is 2. The molecular weight excluding hydrogens is 300 g/mol. The number of pyridine rings is 1. The number of rotatable bonds is 2. The van der Waals surface area contributed by atoms with Crippen molar-refractivity contribution in [2.24, 2.45) is 5.41 Å². The lowest BCUT2D eigenvalue weighted by molar-refractivity contribution is -0.137. The fourth-order valence-electron chi connectivity index (χ4n) is 4.01. The van der Waals surface area contributed by atoms with E-state index in [4.69, 9.17) is 15.5 Å². The summed E-state index contributed by atoms with van der Waals surface area (Å²) in [4.78, 5) is 4.81. The van der Waals surface area contributed by atoms with Crippen molar-refractivity contribution >= 4 is 11.3 Å². The fourth-order valence-corrected chi connectivity index (χ4v) is 4.01. The summed E-state index contributed by atoms with van der Waals surface area (Å²) in [5.41, 5.74) is 9.10. The number of nitrogens with two attached hydrogens (primary N) is 1. The first-order chi connectivity index (χ1) is 11.2. The number of hydrogen-bond acceptors (Lipinski definition) is 4. The smallest absolute Gasteiger partial charge is 0.111 e. The molecule has 0 amide bonds. The minimum Gasteiger partial charge on any atom is -0.397 e. The second-order valence-electron chi connectivity index (χ2n) is 8.43. The van der Waals surface area contributed by atoms with Gasteiger partial charge in [-0.05, 0) is 56.2 Å². The van der Waals surface area contributed by atoms with E-state index in [1.807, 2.05) is 26.0 Å². The highest BCUT2D eigenvalue weighted by atomic mass is 16.5. The third-order valence-corrected chi connectivity index (χ3v) is 5.39. The van der Waals surface area contributed by atoms with E-state index in [-0.39, 0.29) is 12.2 Å². The maximum Gasteiger partial charge on any atom is 0.111 e. The molecule has 1 saturated heterocycles. The average Bonchev–Trinajstić information content (AvgIpc) is 2.46. The van der Waals surface area contributed by atoms with Crippen LogP contribution in [0.15, 0.2) is 18.2 Å². The second kappa shape index (κ2) is 6.16. The van der Waals surface area contributed by atoms with E-state index in [0.29, 0.717) is 23.9 Å². The molecule has 24 heavy (non-hydrogen) atoms. The maximum atomic E-state index is 11.2. The third-order valence-electron chi connectivity index (χ3n) is 5.39. The van der Waals surface area contributed by atoms with Crippen LogP contribution in [-0.2, 0) is 10.3 Å². The van der Waals surface area contributed by atoms with Crippen LogP contribution in [0.5, 0.6) is 0 Å². The van der Waals surface area contributed by atoms with Crippen LogP contribution in [0.25, 0.3) is 5.57 Å². The van der Waals surface area contributed by atoms with Gasteiger partial charge in [-0.3, -0.25) is 0 Å². The van der Waals surface area contributed by atoms with E-state index in [9.17, 15) is 5.11 Å². The number of aromatic nitrogens is 1. The molecule has 0 aromatic carbocycles. The number of aliphatic hydroxyl groups is 1. The fraction of sp³-hybridized carbons (Fsp3) is 0.650. The van der Waals surface area contributed by atoms with E-state index in [0.717, 1.165) is 30.7 Å². The Bertz CT molecular complexity index is 641. The highest BCUT2D eigenvalue weighted by Gasteiger charge is 2.39. The van der Waals surface area contributed by atoms with Crippen LogP contribution in [0.3, 0.4) is 0 Å². The van der Waals surface area contributed by atoms with Gasteiger partial charge in [0.15, 0.2) is 0 Å². The second-order valence-corrected chi connectivity index (χ2v) is 8.43.